The van der Waals surface area contributed by atoms with Crippen LogP contribution in [0, 0.1) is 0 Å². The van der Waals surface area contributed by atoms with Crippen molar-refractivity contribution in [2.75, 3.05) is 0 Å². The quantitative estimate of drug-likeness (QED) is 0.557. The molecule has 0 nitrogen and oxygen atoms in total. The zero-order valence-corrected chi connectivity index (χ0v) is 9.12. The third kappa shape index (κ3) is 1.02. The van der Waals surface area contributed by atoms with E-state index in [0.29, 0.717) is 0 Å². The maximum atomic E-state index is 2.30. The molecule has 0 amide bonds. The minimum absolute atomic E-state index is 0.160. The fraction of sp³-hybridized carbons (Fsp3) is 0.200. The highest BCUT2D eigenvalue weighted by atomic mass is 14.5. The largest absolute Gasteiger partial charge is 0.0619 e. The maximum absolute atomic E-state index is 2.30. The highest BCUT2D eigenvalue weighted by molar-refractivity contribution is 5.80. The van der Waals surface area contributed by atoms with Gasteiger partial charge in [0.25, 0.3) is 0 Å². The highest BCUT2D eigenvalue weighted by Crippen LogP contribution is 2.47. The molecule has 74 valence electrons. The first-order chi connectivity index (χ1) is 7.21. The predicted molar refractivity (Wildman–Crippen MR) is 64.0 cm³/mol. The van der Waals surface area contributed by atoms with Crippen molar-refractivity contribution in [3.63, 3.8) is 0 Å². The third-order valence-corrected chi connectivity index (χ3v) is 3.49. The summed E-state index contributed by atoms with van der Waals surface area (Å²) < 4.78 is 0. The standard InChI is InChI=1S/C15H14/c1-15(2)13-9-5-3-7-11(13)12-8-4-6-10-14(12)15/h3-10H,1-2H3/i1+1. The van der Waals surface area contributed by atoms with Gasteiger partial charge in [-0.1, -0.05) is 62.4 Å². The number of hydrogen-bond donors (Lipinski definition) is 0. The molecule has 0 fully saturated rings. The van der Waals surface area contributed by atoms with Crippen LogP contribution in [0.1, 0.15) is 25.0 Å². The van der Waals surface area contributed by atoms with Gasteiger partial charge >= 0.3 is 0 Å². The molecule has 2 aromatic carbocycles. The Hall–Kier alpha value is -1.56. The zero-order valence-electron chi connectivity index (χ0n) is 9.12. The van der Waals surface area contributed by atoms with E-state index in [0.717, 1.165) is 0 Å². The molecule has 0 saturated heterocycles. The van der Waals surface area contributed by atoms with Crippen molar-refractivity contribution in [1.82, 2.24) is 0 Å². The molecule has 1 aliphatic rings. The van der Waals surface area contributed by atoms with E-state index >= 15 is 0 Å². The summed E-state index contributed by atoms with van der Waals surface area (Å²) in [5.41, 5.74) is 5.86. The van der Waals surface area contributed by atoms with E-state index in [1.807, 2.05) is 0 Å². The van der Waals surface area contributed by atoms with Gasteiger partial charge in [0.15, 0.2) is 0 Å². The molecule has 0 atom stereocenters. The average molecular weight is 195 g/mol. The maximum Gasteiger partial charge on any atom is 0.0158 e. The van der Waals surface area contributed by atoms with Crippen LogP contribution in [0.3, 0.4) is 0 Å². The fourth-order valence-corrected chi connectivity index (χ4v) is 2.67. The molecule has 0 heterocycles. The SMILES string of the molecule is CC1([13CH3])c2ccccc2-c2ccccc21. The van der Waals surface area contributed by atoms with E-state index in [9.17, 15) is 0 Å². The Bertz CT molecular complexity index is 474. The first kappa shape index (κ1) is 8.72. The smallest absolute Gasteiger partial charge is 0.0158 e. The lowest BCUT2D eigenvalue weighted by atomic mass is 9.88. The Labute approximate surface area is 90.6 Å². The van der Waals surface area contributed by atoms with Gasteiger partial charge in [0.1, 0.15) is 0 Å². The van der Waals surface area contributed by atoms with Gasteiger partial charge in [-0.25, -0.2) is 0 Å². The van der Waals surface area contributed by atoms with Crippen molar-refractivity contribution in [1.29, 1.82) is 0 Å². The lowest BCUT2D eigenvalue weighted by Gasteiger charge is -2.20. The van der Waals surface area contributed by atoms with Crippen molar-refractivity contribution in [3.05, 3.63) is 59.7 Å². The van der Waals surface area contributed by atoms with Gasteiger partial charge in [0, 0.05) is 5.41 Å². The Balaban J connectivity index is 2.42. The van der Waals surface area contributed by atoms with Gasteiger partial charge in [-0.15, -0.1) is 0 Å². The van der Waals surface area contributed by atoms with Crippen LogP contribution >= 0.6 is 0 Å². The van der Waals surface area contributed by atoms with Crippen LogP contribution in [-0.2, 0) is 5.41 Å². The topological polar surface area (TPSA) is 0 Å². The molecule has 15 heavy (non-hydrogen) atoms. The summed E-state index contributed by atoms with van der Waals surface area (Å²) in [4.78, 5) is 0. The lowest BCUT2D eigenvalue weighted by Crippen LogP contribution is -2.14. The number of rotatable bonds is 0. The van der Waals surface area contributed by atoms with E-state index < -0.39 is 0 Å². The normalized spacial score (nSPS) is 15.9. The second-order valence-electron chi connectivity index (χ2n) is 4.72. The second kappa shape index (κ2) is 2.73. The molecule has 0 spiro atoms. The van der Waals surface area contributed by atoms with Crippen molar-refractivity contribution >= 4 is 0 Å². The average Bonchev–Trinajstić information content (AvgIpc) is 2.51. The monoisotopic (exact) mass is 195 g/mol. The fourth-order valence-electron chi connectivity index (χ4n) is 2.67. The molecule has 0 aliphatic heterocycles. The van der Waals surface area contributed by atoms with E-state index in [-0.39, 0.29) is 5.41 Å². The van der Waals surface area contributed by atoms with Gasteiger partial charge in [0.05, 0.1) is 0 Å². The molecule has 0 unspecified atom stereocenters. The van der Waals surface area contributed by atoms with E-state index in [1.165, 1.54) is 22.3 Å². The lowest BCUT2D eigenvalue weighted by molar-refractivity contribution is 0.660. The van der Waals surface area contributed by atoms with Gasteiger partial charge < -0.3 is 0 Å². The van der Waals surface area contributed by atoms with E-state index in [2.05, 4.69) is 62.4 Å². The Morgan fingerprint density at radius 3 is 1.53 bits per heavy atom. The van der Waals surface area contributed by atoms with Gasteiger partial charge in [0.2, 0.25) is 0 Å². The molecule has 0 aromatic heterocycles. The molecule has 2 aromatic rings. The van der Waals surface area contributed by atoms with Crippen LogP contribution in [0.25, 0.3) is 11.1 Å². The van der Waals surface area contributed by atoms with Crippen LogP contribution in [-0.4, -0.2) is 0 Å². The molecule has 0 radical (unpaired) electrons. The van der Waals surface area contributed by atoms with Crippen molar-refractivity contribution < 1.29 is 0 Å². The number of benzene rings is 2. The molecule has 3 rings (SSSR count). The first-order valence-corrected chi connectivity index (χ1v) is 5.40. The minimum atomic E-state index is 0.160. The van der Waals surface area contributed by atoms with Crippen LogP contribution in [0.4, 0.5) is 0 Å². The van der Waals surface area contributed by atoms with E-state index in [4.69, 9.17) is 0 Å². The molecule has 0 saturated carbocycles. The second-order valence-corrected chi connectivity index (χ2v) is 4.72. The Kier molecular flexibility index (Phi) is 1.59. The first-order valence-electron chi connectivity index (χ1n) is 5.40. The summed E-state index contributed by atoms with van der Waals surface area (Å²) in [6.45, 7) is 4.61. The molecule has 0 N–H and O–H groups in total. The van der Waals surface area contributed by atoms with Crippen LogP contribution in [0.5, 0.6) is 0 Å². The molecule has 1 aliphatic carbocycles. The van der Waals surface area contributed by atoms with Gasteiger partial charge in [-0.3, -0.25) is 0 Å². The summed E-state index contributed by atoms with van der Waals surface area (Å²) >= 11 is 0. The van der Waals surface area contributed by atoms with Crippen molar-refractivity contribution in [3.8, 4) is 11.1 Å². The van der Waals surface area contributed by atoms with E-state index in [1.54, 1.807) is 0 Å². The van der Waals surface area contributed by atoms with Crippen LogP contribution in [0.2, 0.25) is 0 Å². The summed E-state index contributed by atoms with van der Waals surface area (Å²) in [6, 6.07) is 17.4. The van der Waals surface area contributed by atoms with Crippen molar-refractivity contribution in [2.24, 2.45) is 0 Å². The number of hydrogen-bond acceptors (Lipinski definition) is 0. The van der Waals surface area contributed by atoms with Crippen LogP contribution in [0.15, 0.2) is 48.5 Å². The Morgan fingerprint density at radius 2 is 1.07 bits per heavy atom. The summed E-state index contributed by atoms with van der Waals surface area (Å²) in [6.07, 6.45) is 0. The third-order valence-electron chi connectivity index (χ3n) is 3.49. The molecular weight excluding hydrogens is 181 g/mol. The highest BCUT2D eigenvalue weighted by Gasteiger charge is 2.34. The predicted octanol–water partition coefficient (Wildman–Crippen LogP) is 3.99. The molecule has 0 bridgehead atoms. The molecule has 0 heteroatoms. The number of fused-ring (bicyclic) bond motifs is 3. The summed E-state index contributed by atoms with van der Waals surface area (Å²) in [5, 5.41) is 0. The molecular formula is C15H14. The minimum Gasteiger partial charge on any atom is -0.0619 e. The van der Waals surface area contributed by atoms with Crippen LogP contribution < -0.4 is 0 Å². The van der Waals surface area contributed by atoms with Crippen molar-refractivity contribution in [2.45, 2.75) is 19.3 Å². The Morgan fingerprint density at radius 1 is 0.667 bits per heavy atom. The zero-order chi connectivity index (χ0) is 10.5. The summed E-state index contributed by atoms with van der Waals surface area (Å²) in [7, 11) is 0. The van der Waals surface area contributed by atoms with Gasteiger partial charge in [-0.05, 0) is 22.3 Å². The summed E-state index contributed by atoms with van der Waals surface area (Å²) in [5.74, 6) is 0. The van der Waals surface area contributed by atoms with Gasteiger partial charge in [-0.2, -0.15) is 0 Å².